The van der Waals surface area contributed by atoms with Crippen LogP contribution >= 0.6 is 0 Å². The van der Waals surface area contributed by atoms with Crippen molar-refractivity contribution in [3.8, 4) is 0 Å². The molecular formula is C27H29BO3. The van der Waals surface area contributed by atoms with E-state index >= 15 is 0 Å². The largest absolute Gasteiger partial charge is 0.376 e. The molecule has 4 heteroatoms. The van der Waals surface area contributed by atoms with Crippen LogP contribution in [-0.2, 0) is 34.0 Å². The lowest BCUT2D eigenvalue weighted by molar-refractivity contribution is -0.0946. The fourth-order valence-electron chi connectivity index (χ4n) is 4.18. The molecule has 3 aromatic rings. The van der Waals surface area contributed by atoms with E-state index in [4.69, 9.17) is 22.1 Å². The number of hydrogen-bond donors (Lipinski definition) is 0. The summed E-state index contributed by atoms with van der Waals surface area (Å²) in [6, 6.07) is 30.7. The molecular weight excluding hydrogens is 383 g/mol. The normalized spacial score (nSPS) is 23.1. The first-order valence-electron chi connectivity index (χ1n) is 11.0. The average Bonchev–Trinajstić information content (AvgIpc) is 3.12. The van der Waals surface area contributed by atoms with E-state index in [1.165, 1.54) is 5.56 Å². The first kappa shape index (κ1) is 21.8. The third kappa shape index (κ3) is 6.30. The van der Waals surface area contributed by atoms with Gasteiger partial charge < -0.3 is 14.2 Å². The minimum absolute atomic E-state index is 0.0742. The van der Waals surface area contributed by atoms with Crippen LogP contribution in [0.2, 0.25) is 5.82 Å². The van der Waals surface area contributed by atoms with Crippen LogP contribution in [0.25, 0.3) is 0 Å². The first-order chi connectivity index (χ1) is 15.3. The first-order valence-corrected chi connectivity index (χ1v) is 11.0. The lowest BCUT2D eigenvalue weighted by atomic mass is 9.83. The van der Waals surface area contributed by atoms with E-state index < -0.39 is 0 Å². The Kier molecular flexibility index (Phi) is 7.95. The SMILES string of the molecule is [B][C@@H]1C[C@H](COCc2ccccc2)[C@H](OCc2ccccc2)C1OCc1ccccc1. The number of benzene rings is 3. The molecule has 4 atom stereocenters. The van der Waals surface area contributed by atoms with Crippen molar-refractivity contribution < 1.29 is 14.2 Å². The molecule has 1 saturated carbocycles. The fourth-order valence-corrected chi connectivity index (χ4v) is 4.18. The number of ether oxygens (including phenoxy) is 3. The second-order valence-corrected chi connectivity index (χ2v) is 8.18. The van der Waals surface area contributed by atoms with Gasteiger partial charge in [0.2, 0.25) is 0 Å². The van der Waals surface area contributed by atoms with Crippen LogP contribution in [0.4, 0.5) is 0 Å². The number of hydrogen-bond acceptors (Lipinski definition) is 3. The summed E-state index contributed by atoms with van der Waals surface area (Å²) in [4.78, 5) is 0. The smallest absolute Gasteiger partial charge is 0.0886 e. The molecule has 1 unspecified atom stereocenters. The van der Waals surface area contributed by atoms with E-state index in [-0.39, 0.29) is 23.9 Å². The molecule has 2 radical (unpaired) electrons. The van der Waals surface area contributed by atoms with Gasteiger partial charge in [0.15, 0.2) is 0 Å². The lowest BCUT2D eigenvalue weighted by Crippen LogP contribution is -2.34. The summed E-state index contributed by atoms with van der Waals surface area (Å²) < 4.78 is 18.7. The Balaban J connectivity index is 1.39. The Morgan fingerprint density at radius 3 is 1.58 bits per heavy atom. The van der Waals surface area contributed by atoms with Gasteiger partial charge in [-0.2, -0.15) is 0 Å². The zero-order valence-corrected chi connectivity index (χ0v) is 17.8. The molecule has 0 N–H and O–H groups in total. The van der Waals surface area contributed by atoms with Crippen molar-refractivity contribution in [1.82, 2.24) is 0 Å². The van der Waals surface area contributed by atoms with Gasteiger partial charge in [0.25, 0.3) is 0 Å². The molecule has 3 nitrogen and oxygen atoms in total. The van der Waals surface area contributed by atoms with Crippen molar-refractivity contribution in [1.29, 1.82) is 0 Å². The summed E-state index contributed by atoms with van der Waals surface area (Å²) in [5.74, 6) is 0.123. The lowest BCUT2D eigenvalue weighted by Gasteiger charge is -2.27. The molecule has 1 aliphatic rings. The predicted molar refractivity (Wildman–Crippen MR) is 124 cm³/mol. The maximum absolute atomic E-state index is 6.52. The molecule has 4 rings (SSSR count). The van der Waals surface area contributed by atoms with Gasteiger partial charge in [-0.15, -0.1) is 0 Å². The van der Waals surface area contributed by atoms with Crippen molar-refractivity contribution in [2.24, 2.45) is 5.92 Å². The molecule has 0 amide bonds. The molecule has 0 bridgehead atoms. The third-order valence-corrected chi connectivity index (χ3v) is 5.80. The Morgan fingerprint density at radius 2 is 1.06 bits per heavy atom. The van der Waals surface area contributed by atoms with E-state index in [9.17, 15) is 0 Å². The van der Waals surface area contributed by atoms with Crippen molar-refractivity contribution in [2.75, 3.05) is 6.61 Å². The van der Waals surface area contributed by atoms with Crippen LogP contribution in [0, 0.1) is 5.92 Å². The molecule has 0 saturated heterocycles. The molecule has 0 heterocycles. The van der Waals surface area contributed by atoms with Crippen molar-refractivity contribution >= 4 is 7.85 Å². The summed E-state index contributed by atoms with van der Waals surface area (Å²) in [7, 11) is 6.52. The van der Waals surface area contributed by atoms with Gasteiger partial charge in [0, 0.05) is 5.92 Å². The van der Waals surface area contributed by atoms with E-state index in [1.807, 2.05) is 54.6 Å². The average molecular weight is 412 g/mol. The Hall–Kier alpha value is -2.40. The Bertz CT molecular complexity index is 888. The monoisotopic (exact) mass is 412 g/mol. The van der Waals surface area contributed by atoms with E-state index in [2.05, 4.69) is 36.4 Å². The van der Waals surface area contributed by atoms with Crippen molar-refractivity contribution in [3.05, 3.63) is 108 Å². The van der Waals surface area contributed by atoms with Gasteiger partial charge in [-0.1, -0.05) is 91.0 Å². The molecule has 1 aliphatic carbocycles. The Morgan fingerprint density at radius 1 is 0.613 bits per heavy atom. The number of rotatable bonds is 10. The second kappa shape index (κ2) is 11.3. The maximum atomic E-state index is 6.52. The van der Waals surface area contributed by atoms with Crippen LogP contribution in [0.15, 0.2) is 91.0 Å². The molecule has 0 aliphatic heterocycles. The van der Waals surface area contributed by atoms with Crippen molar-refractivity contribution in [2.45, 2.75) is 44.3 Å². The molecule has 31 heavy (non-hydrogen) atoms. The van der Waals surface area contributed by atoms with E-state index in [0.717, 1.165) is 17.5 Å². The molecule has 158 valence electrons. The zero-order chi connectivity index (χ0) is 21.3. The summed E-state index contributed by atoms with van der Waals surface area (Å²) in [5.41, 5.74) is 3.46. The maximum Gasteiger partial charge on any atom is 0.0886 e. The van der Waals surface area contributed by atoms with Gasteiger partial charge in [-0.3, -0.25) is 0 Å². The quantitative estimate of drug-likeness (QED) is 0.420. The van der Waals surface area contributed by atoms with Gasteiger partial charge in [0.05, 0.1) is 46.5 Å². The van der Waals surface area contributed by atoms with Crippen molar-refractivity contribution in [3.63, 3.8) is 0 Å². The van der Waals surface area contributed by atoms with E-state index in [1.54, 1.807) is 0 Å². The molecule has 0 aromatic heterocycles. The van der Waals surface area contributed by atoms with Crippen LogP contribution in [0.3, 0.4) is 0 Å². The van der Waals surface area contributed by atoms with Crippen LogP contribution < -0.4 is 0 Å². The third-order valence-electron chi connectivity index (χ3n) is 5.80. The summed E-state index contributed by atoms with van der Waals surface area (Å²) >= 11 is 0. The molecule has 0 spiro atoms. The van der Waals surface area contributed by atoms with Crippen LogP contribution in [0.5, 0.6) is 0 Å². The zero-order valence-electron chi connectivity index (χ0n) is 17.8. The van der Waals surface area contributed by atoms with Crippen LogP contribution in [0.1, 0.15) is 23.1 Å². The molecule has 1 fully saturated rings. The highest BCUT2D eigenvalue weighted by molar-refractivity contribution is 6.12. The second-order valence-electron chi connectivity index (χ2n) is 8.18. The highest BCUT2D eigenvalue weighted by Crippen LogP contribution is 2.39. The predicted octanol–water partition coefficient (Wildman–Crippen LogP) is 5.35. The van der Waals surface area contributed by atoms with Gasteiger partial charge in [-0.25, -0.2) is 0 Å². The van der Waals surface area contributed by atoms with Gasteiger partial charge >= 0.3 is 0 Å². The van der Waals surface area contributed by atoms with Gasteiger partial charge in [0.1, 0.15) is 0 Å². The van der Waals surface area contributed by atoms with E-state index in [0.29, 0.717) is 26.4 Å². The highest BCUT2D eigenvalue weighted by atomic mass is 16.5. The van der Waals surface area contributed by atoms with Gasteiger partial charge in [-0.05, 0) is 28.9 Å². The summed E-state index contributed by atoms with van der Waals surface area (Å²) in [6.45, 7) is 2.27. The fraction of sp³-hybridized carbons (Fsp3) is 0.333. The van der Waals surface area contributed by atoms with Crippen LogP contribution in [-0.4, -0.2) is 26.7 Å². The topological polar surface area (TPSA) is 27.7 Å². The molecule has 3 aromatic carbocycles. The summed E-state index contributed by atoms with van der Waals surface area (Å²) in [5, 5.41) is 0. The summed E-state index contributed by atoms with van der Waals surface area (Å²) in [6.07, 6.45) is 0.567. The standard InChI is InChI=1S/C27H29BO3/c28-25-16-24(20-29-17-21-10-4-1-5-11-21)26(30-18-22-12-6-2-7-13-22)27(25)31-19-23-14-8-3-9-15-23/h1-15,24-27H,16-20H2/t24-,25-,26+,27?/m1/s1. The minimum atomic E-state index is -0.158. The minimum Gasteiger partial charge on any atom is -0.376 e. The highest BCUT2D eigenvalue weighted by Gasteiger charge is 2.42. The Labute approximate surface area is 186 Å².